The number of halogens is 2. The van der Waals surface area contributed by atoms with Crippen LogP contribution in [0.3, 0.4) is 0 Å². The predicted octanol–water partition coefficient (Wildman–Crippen LogP) is 4.03. The summed E-state index contributed by atoms with van der Waals surface area (Å²) in [6.07, 6.45) is 2.58. The SMILES string of the molecule is O=C(O)[C@@H]1C[C@@H](c2c(C3CCOCC3)n(-c3ccc(F)c(F)c3)c3cc4cn[nH]c4nc23)CO1. The number of aliphatic carboxylic acids is 1. The first kappa shape index (κ1) is 21.2. The first-order valence-electron chi connectivity index (χ1n) is 11.3. The van der Waals surface area contributed by atoms with E-state index in [4.69, 9.17) is 14.5 Å². The lowest BCUT2D eigenvalue weighted by Gasteiger charge is -2.26. The molecule has 2 saturated heterocycles. The molecule has 34 heavy (non-hydrogen) atoms. The van der Waals surface area contributed by atoms with Crippen molar-refractivity contribution in [2.24, 2.45) is 0 Å². The van der Waals surface area contributed by atoms with Gasteiger partial charge in [-0.2, -0.15) is 5.10 Å². The highest BCUT2D eigenvalue weighted by atomic mass is 19.2. The van der Waals surface area contributed by atoms with Crippen LogP contribution in [-0.4, -0.2) is 56.7 Å². The zero-order chi connectivity index (χ0) is 23.4. The van der Waals surface area contributed by atoms with Gasteiger partial charge in [-0.25, -0.2) is 18.6 Å². The zero-order valence-electron chi connectivity index (χ0n) is 18.1. The molecule has 0 spiro atoms. The largest absolute Gasteiger partial charge is 0.479 e. The van der Waals surface area contributed by atoms with Crippen molar-refractivity contribution >= 4 is 28.0 Å². The summed E-state index contributed by atoms with van der Waals surface area (Å²) < 4.78 is 41.3. The Morgan fingerprint density at radius 2 is 1.97 bits per heavy atom. The average Bonchev–Trinajstić information content (AvgIpc) is 3.56. The van der Waals surface area contributed by atoms with Crippen LogP contribution in [0.4, 0.5) is 8.78 Å². The summed E-state index contributed by atoms with van der Waals surface area (Å²) in [5, 5.41) is 17.3. The Morgan fingerprint density at radius 1 is 1.15 bits per heavy atom. The number of nitrogens with zero attached hydrogens (tertiary/aromatic N) is 3. The summed E-state index contributed by atoms with van der Waals surface area (Å²) >= 11 is 0. The van der Waals surface area contributed by atoms with Crippen LogP contribution in [0.2, 0.25) is 0 Å². The van der Waals surface area contributed by atoms with Crippen LogP contribution in [0.1, 0.15) is 42.4 Å². The number of aromatic nitrogens is 4. The maximum absolute atomic E-state index is 14.4. The third-order valence-corrected chi connectivity index (χ3v) is 6.87. The fourth-order valence-corrected chi connectivity index (χ4v) is 5.29. The number of aromatic amines is 1. The number of fused-ring (bicyclic) bond motifs is 2. The molecule has 0 amide bonds. The molecule has 0 aliphatic carbocycles. The number of hydrogen-bond acceptors (Lipinski definition) is 5. The smallest absolute Gasteiger partial charge is 0.332 e. The Kier molecular flexibility index (Phi) is 5.07. The molecule has 2 fully saturated rings. The lowest BCUT2D eigenvalue weighted by atomic mass is 9.87. The van der Waals surface area contributed by atoms with Gasteiger partial charge in [0.05, 0.1) is 23.8 Å². The molecule has 0 bridgehead atoms. The Hall–Kier alpha value is -3.37. The molecule has 3 aromatic heterocycles. The second-order valence-electron chi connectivity index (χ2n) is 8.88. The molecule has 2 atom stereocenters. The van der Waals surface area contributed by atoms with Crippen LogP contribution in [0.5, 0.6) is 0 Å². The van der Waals surface area contributed by atoms with E-state index >= 15 is 0 Å². The predicted molar refractivity (Wildman–Crippen MR) is 118 cm³/mol. The maximum Gasteiger partial charge on any atom is 0.332 e. The number of nitrogens with one attached hydrogen (secondary N) is 1. The molecule has 2 aliphatic rings. The molecule has 0 saturated carbocycles. The van der Waals surface area contributed by atoms with Crippen molar-refractivity contribution in [1.29, 1.82) is 0 Å². The quantitative estimate of drug-likeness (QED) is 0.469. The van der Waals surface area contributed by atoms with Gasteiger partial charge in [-0.05, 0) is 37.5 Å². The average molecular weight is 468 g/mol. The lowest BCUT2D eigenvalue weighted by molar-refractivity contribution is -0.147. The van der Waals surface area contributed by atoms with E-state index in [2.05, 4.69) is 10.2 Å². The summed E-state index contributed by atoms with van der Waals surface area (Å²) in [4.78, 5) is 16.5. The van der Waals surface area contributed by atoms with Crippen LogP contribution in [-0.2, 0) is 14.3 Å². The Bertz CT molecular complexity index is 1410. The normalized spacial score (nSPS) is 21.6. The van der Waals surface area contributed by atoms with Crippen molar-refractivity contribution in [3.8, 4) is 5.69 Å². The number of rotatable bonds is 4. The molecule has 0 unspecified atom stereocenters. The molecule has 5 heterocycles. The number of benzene rings is 1. The molecule has 2 N–H and O–H groups in total. The van der Waals surface area contributed by atoms with Gasteiger partial charge >= 0.3 is 5.97 Å². The van der Waals surface area contributed by atoms with Crippen LogP contribution in [0.25, 0.3) is 27.8 Å². The summed E-state index contributed by atoms with van der Waals surface area (Å²) in [5.41, 5.74) is 4.32. The van der Waals surface area contributed by atoms with Crippen molar-refractivity contribution in [3.05, 3.63) is 53.4 Å². The van der Waals surface area contributed by atoms with Crippen molar-refractivity contribution < 1.29 is 28.2 Å². The molecule has 2 aliphatic heterocycles. The van der Waals surface area contributed by atoms with E-state index in [-0.39, 0.29) is 18.4 Å². The lowest BCUT2D eigenvalue weighted by Crippen LogP contribution is -2.20. The highest BCUT2D eigenvalue weighted by molar-refractivity contribution is 5.94. The van der Waals surface area contributed by atoms with Gasteiger partial charge in [0.25, 0.3) is 0 Å². The molecule has 10 heteroatoms. The number of ether oxygens (including phenoxy) is 2. The summed E-state index contributed by atoms with van der Waals surface area (Å²) in [5.74, 6) is -2.99. The van der Waals surface area contributed by atoms with E-state index in [1.54, 1.807) is 12.3 Å². The number of H-pyrrole nitrogens is 1. The molecular formula is C24H22F2N4O4. The number of carboxylic acid groups (broad SMARTS) is 1. The highest BCUT2D eigenvalue weighted by Gasteiger charge is 2.38. The highest BCUT2D eigenvalue weighted by Crippen LogP contribution is 2.44. The van der Waals surface area contributed by atoms with E-state index in [9.17, 15) is 18.7 Å². The van der Waals surface area contributed by atoms with E-state index in [0.717, 1.165) is 41.1 Å². The van der Waals surface area contributed by atoms with Crippen LogP contribution < -0.4 is 0 Å². The van der Waals surface area contributed by atoms with E-state index in [1.807, 2.05) is 10.6 Å². The Balaban J connectivity index is 1.66. The van der Waals surface area contributed by atoms with Gasteiger partial charge in [-0.1, -0.05) is 0 Å². The molecular weight excluding hydrogens is 446 g/mol. The van der Waals surface area contributed by atoms with Crippen molar-refractivity contribution in [3.63, 3.8) is 0 Å². The van der Waals surface area contributed by atoms with Gasteiger partial charge in [0.1, 0.15) is 0 Å². The number of pyridine rings is 1. The number of hydrogen-bond donors (Lipinski definition) is 2. The molecule has 6 rings (SSSR count). The molecule has 0 radical (unpaired) electrons. The number of carbonyl (C=O) groups is 1. The first-order valence-corrected chi connectivity index (χ1v) is 11.3. The van der Waals surface area contributed by atoms with E-state index in [0.29, 0.717) is 36.5 Å². The van der Waals surface area contributed by atoms with E-state index in [1.165, 1.54) is 6.07 Å². The summed E-state index contributed by atoms with van der Waals surface area (Å²) in [6, 6.07) is 5.79. The van der Waals surface area contributed by atoms with Crippen LogP contribution >= 0.6 is 0 Å². The van der Waals surface area contributed by atoms with Crippen LogP contribution in [0, 0.1) is 11.6 Å². The molecule has 4 aromatic rings. The summed E-state index contributed by atoms with van der Waals surface area (Å²) in [7, 11) is 0. The van der Waals surface area contributed by atoms with Gasteiger partial charge in [-0.15, -0.1) is 0 Å². The van der Waals surface area contributed by atoms with Crippen molar-refractivity contribution in [1.82, 2.24) is 19.7 Å². The van der Waals surface area contributed by atoms with Gasteiger partial charge < -0.3 is 19.1 Å². The standard InChI is InChI=1S/C24H22F2N4O4/c25-16-2-1-15(9-17(16)26)30-18-7-13-10-27-29-23(13)28-21(18)20(14-8-19(24(31)32)34-11-14)22(30)12-3-5-33-6-4-12/h1-2,7,9-10,12,14,19H,3-6,8,11H2,(H,31,32)(H,27,28,29)/t14-,19+/m1/s1. The van der Waals surface area contributed by atoms with Gasteiger partial charge in [-0.3, -0.25) is 5.10 Å². The van der Waals surface area contributed by atoms with Crippen molar-refractivity contribution in [2.75, 3.05) is 19.8 Å². The van der Waals surface area contributed by atoms with Crippen molar-refractivity contribution in [2.45, 2.75) is 37.2 Å². The Labute approximate surface area is 192 Å². The second-order valence-corrected chi connectivity index (χ2v) is 8.88. The topological polar surface area (TPSA) is 102 Å². The maximum atomic E-state index is 14.4. The molecule has 176 valence electrons. The number of carboxylic acids is 1. The minimum absolute atomic E-state index is 0.0754. The van der Waals surface area contributed by atoms with Crippen LogP contribution in [0.15, 0.2) is 30.5 Å². The third-order valence-electron chi connectivity index (χ3n) is 6.87. The third kappa shape index (κ3) is 3.36. The zero-order valence-corrected chi connectivity index (χ0v) is 18.1. The van der Waals surface area contributed by atoms with Gasteiger partial charge in [0.2, 0.25) is 0 Å². The minimum atomic E-state index is -0.997. The van der Waals surface area contributed by atoms with E-state index < -0.39 is 23.7 Å². The molecule has 1 aromatic carbocycles. The Morgan fingerprint density at radius 3 is 2.71 bits per heavy atom. The minimum Gasteiger partial charge on any atom is -0.479 e. The summed E-state index contributed by atoms with van der Waals surface area (Å²) in [6.45, 7) is 1.41. The molecule has 8 nitrogen and oxygen atoms in total. The fourth-order valence-electron chi connectivity index (χ4n) is 5.29. The first-order chi connectivity index (χ1) is 16.5. The monoisotopic (exact) mass is 468 g/mol. The fraction of sp³-hybridized carbons (Fsp3) is 0.375. The van der Waals surface area contributed by atoms with Gasteiger partial charge in [0.15, 0.2) is 23.4 Å². The van der Waals surface area contributed by atoms with Gasteiger partial charge in [0, 0.05) is 53.4 Å². The second kappa shape index (κ2) is 8.14.